The first-order valence-electron chi connectivity index (χ1n) is 3.86. The second-order valence-electron chi connectivity index (χ2n) is 2.49. The lowest BCUT2D eigenvalue weighted by atomic mass is 10.0. The first-order valence-corrected chi connectivity index (χ1v) is 3.86. The minimum Gasteiger partial charge on any atom is -0.330 e. The maximum Gasteiger partial charge on any atom is 0.0674 e. The Bertz CT molecular complexity index is 194. The molecule has 0 fully saturated rings. The van der Waals surface area contributed by atoms with Crippen LogP contribution in [0.15, 0.2) is 18.3 Å². The predicted molar refractivity (Wildman–Crippen MR) is 44.1 cm³/mol. The van der Waals surface area contributed by atoms with Gasteiger partial charge >= 0.3 is 0 Å². The molecule has 1 aromatic heterocycles. The fraction of sp³-hybridized carbons (Fsp3) is 0.500. The highest BCUT2D eigenvalue weighted by Gasteiger charge is 2.07. The summed E-state index contributed by atoms with van der Waals surface area (Å²) in [6.45, 7) is 2.75. The Morgan fingerprint density at radius 3 is 2.91 bits per heavy atom. The van der Waals surface area contributed by atoms with Gasteiger partial charge in [0, 0.05) is 18.7 Å². The molecule has 0 radical (unpaired) electrons. The molecule has 3 nitrogen and oxygen atoms in total. The van der Waals surface area contributed by atoms with Crippen molar-refractivity contribution in [1.82, 2.24) is 10.2 Å². The lowest BCUT2D eigenvalue weighted by molar-refractivity contribution is 0.642. The standard InChI is InChI=1S/C8H13N3/c1-2-7(6-9)8-4-3-5-10-11-8/h3-5,7H,2,6,9H2,1H3. The molecule has 1 aromatic rings. The quantitative estimate of drug-likeness (QED) is 0.699. The maximum atomic E-state index is 5.55. The van der Waals surface area contributed by atoms with E-state index in [2.05, 4.69) is 17.1 Å². The molecule has 0 amide bonds. The van der Waals surface area contributed by atoms with Crippen LogP contribution in [0.2, 0.25) is 0 Å². The van der Waals surface area contributed by atoms with Gasteiger partial charge in [-0.1, -0.05) is 6.92 Å². The lowest BCUT2D eigenvalue weighted by Crippen LogP contribution is -2.13. The van der Waals surface area contributed by atoms with E-state index in [4.69, 9.17) is 5.73 Å². The third kappa shape index (κ3) is 1.98. The summed E-state index contributed by atoms with van der Waals surface area (Å²) in [5.41, 5.74) is 6.55. The second-order valence-corrected chi connectivity index (χ2v) is 2.49. The lowest BCUT2D eigenvalue weighted by Gasteiger charge is -2.08. The first kappa shape index (κ1) is 8.14. The van der Waals surface area contributed by atoms with Crippen LogP contribution in [0.5, 0.6) is 0 Å². The molecule has 0 saturated carbocycles. The number of rotatable bonds is 3. The summed E-state index contributed by atoms with van der Waals surface area (Å²) in [4.78, 5) is 0. The molecular formula is C8H13N3. The summed E-state index contributed by atoms with van der Waals surface area (Å²) in [5, 5.41) is 7.79. The molecule has 1 unspecified atom stereocenters. The molecule has 11 heavy (non-hydrogen) atoms. The Hall–Kier alpha value is -0.960. The predicted octanol–water partition coefficient (Wildman–Crippen LogP) is 0.929. The molecular weight excluding hydrogens is 138 g/mol. The van der Waals surface area contributed by atoms with E-state index in [0.717, 1.165) is 12.1 Å². The molecule has 60 valence electrons. The van der Waals surface area contributed by atoms with E-state index < -0.39 is 0 Å². The Morgan fingerprint density at radius 2 is 2.45 bits per heavy atom. The Kier molecular flexibility index (Phi) is 2.98. The molecule has 0 aromatic carbocycles. The highest BCUT2D eigenvalue weighted by atomic mass is 15.1. The smallest absolute Gasteiger partial charge is 0.0674 e. The first-order chi connectivity index (χ1) is 5.38. The zero-order valence-corrected chi connectivity index (χ0v) is 6.70. The van der Waals surface area contributed by atoms with Crippen molar-refractivity contribution in [2.75, 3.05) is 6.54 Å². The third-order valence-electron chi connectivity index (χ3n) is 1.79. The topological polar surface area (TPSA) is 51.8 Å². The van der Waals surface area contributed by atoms with Crippen LogP contribution in [0.3, 0.4) is 0 Å². The van der Waals surface area contributed by atoms with Crippen molar-refractivity contribution >= 4 is 0 Å². The van der Waals surface area contributed by atoms with Gasteiger partial charge in [-0.05, 0) is 18.6 Å². The normalized spacial score (nSPS) is 12.9. The molecule has 0 bridgehead atoms. The van der Waals surface area contributed by atoms with Crippen molar-refractivity contribution in [3.05, 3.63) is 24.0 Å². The number of nitrogens with zero attached hydrogens (tertiary/aromatic N) is 2. The summed E-state index contributed by atoms with van der Waals surface area (Å²) in [7, 11) is 0. The molecule has 1 rings (SSSR count). The summed E-state index contributed by atoms with van der Waals surface area (Å²) in [6, 6.07) is 3.86. The van der Waals surface area contributed by atoms with Gasteiger partial charge in [0.1, 0.15) is 0 Å². The van der Waals surface area contributed by atoms with Gasteiger partial charge in [-0.3, -0.25) is 0 Å². The molecule has 0 spiro atoms. The van der Waals surface area contributed by atoms with Crippen molar-refractivity contribution in [3.8, 4) is 0 Å². The zero-order chi connectivity index (χ0) is 8.10. The van der Waals surface area contributed by atoms with E-state index in [1.165, 1.54) is 0 Å². The zero-order valence-electron chi connectivity index (χ0n) is 6.70. The van der Waals surface area contributed by atoms with E-state index in [1.54, 1.807) is 6.20 Å². The average Bonchev–Trinajstić information content (AvgIpc) is 2.09. The maximum absolute atomic E-state index is 5.55. The summed E-state index contributed by atoms with van der Waals surface area (Å²) >= 11 is 0. The SMILES string of the molecule is CCC(CN)c1cccnn1. The van der Waals surface area contributed by atoms with Crippen LogP contribution >= 0.6 is 0 Å². The highest BCUT2D eigenvalue weighted by molar-refractivity contribution is 5.06. The molecule has 0 aliphatic carbocycles. The fourth-order valence-corrected chi connectivity index (χ4v) is 1.03. The molecule has 1 atom stereocenters. The van der Waals surface area contributed by atoms with Crippen molar-refractivity contribution in [2.24, 2.45) is 5.73 Å². The van der Waals surface area contributed by atoms with Gasteiger partial charge < -0.3 is 5.73 Å². The summed E-state index contributed by atoms with van der Waals surface area (Å²) in [6.07, 6.45) is 2.70. The van der Waals surface area contributed by atoms with Crippen LogP contribution in [-0.4, -0.2) is 16.7 Å². The number of hydrogen-bond acceptors (Lipinski definition) is 3. The van der Waals surface area contributed by atoms with Crippen LogP contribution in [-0.2, 0) is 0 Å². The van der Waals surface area contributed by atoms with Gasteiger partial charge in [0.15, 0.2) is 0 Å². The molecule has 1 heterocycles. The van der Waals surface area contributed by atoms with Crippen LogP contribution in [0, 0.1) is 0 Å². The molecule has 0 aliphatic rings. The number of aromatic nitrogens is 2. The van der Waals surface area contributed by atoms with E-state index in [1.807, 2.05) is 12.1 Å². The molecule has 3 heteroatoms. The van der Waals surface area contributed by atoms with Crippen molar-refractivity contribution in [3.63, 3.8) is 0 Å². The van der Waals surface area contributed by atoms with Crippen LogP contribution in [0.1, 0.15) is 25.0 Å². The van der Waals surface area contributed by atoms with Crippen LogP contribution < -0.4 is 5.73 Å². The van der Waals surface area contributed by atoms with E-state index in [-0.39, 0.29) is 0 Å². The van der Waals surface area contributed by atoms with Crippen molar-refractivity contribution in [2.45, 2.75) is 19.3 Å². The molecule has 0 aliphatic heterocycles. The Morgan fingerprint density at radius 1 is 1.64 bits per heavy atom. The summed E-state index contributed by atoms with van der Waals surface area (Å²) < 4.78 is 0. The van der Waals surface area contributed by atoms with E-state index in [0.29, 0.717) is 12.5 Å². The minimum absolute atomic E-state index is 0.365. The van der Waals surface area contributed by atoms with E-state index >= 15 is 0 Å². The largest absolute Gasteiger partial charge is 0.330 e. The monoisotopic (exact) mass is 151 g/mol. The Labute approximate surface area is 66.6 Å². The molecule has 0 saturated heterocycles. The van der Waals surface area contributed by atoms with Gasteiger partial charge in [0.25, 0.3) is 0 Å². The van der Waals surface area contributed by atoms with Crippen LogP contribution in [0.4, 0.5) is 0 Å². The second kappa shape index (κ2) is 4.03. The van der Waals surface area contributed by atoms with Gasteiger partial charge in [-0.25, -0.2) is 0 Å². The molecule has 2 N–H and O–H groups in total. The van der Waals surface area contributed by atoms with Gasteiger partial charge in [0.2, 0.25) is 0 Å². The third-order valence-corrected chi connectivity index (χ3v) is 1.79. The van der Waals surface area contributed by atoms with Gasteiger partial charge in [0.05, 0.1) is 5.69 Å². The summed E-state index contributed by atoms with van der Waals surface area (Å²) in [5.74, 6) is 0.365. The van der Waals surface area contributed by atoms with Gasteiger partial charge in [-0.15, -0.1) is 0 Å². The number of hydrogen-bond donors (Lipinski definition) is 1. The van der Waals surface area contributed by atoms with Gasteiger partial charge in [-0.2, -0.15) is 10.2 Å². The average molecular weight is 151 g/mol. The van der Waals surface area contributed by atoms with Crippen molar-refractivity contribution < 1.29 is 0 Å². The van der Waals surface area contributed by atoms with E-state index in [9.17, 15) is 0 Å². The Balaban J connectivity index is 2.74. The fourth-order valence-electron chi connectivity index (χ4n) is 1.03. The van der Waals surface area contributed by atoms with Crippen LogP contribution in [0.25, 0.3) is 0 Å². The highest BCUT2D eigenvalue weighted by Crippen LogP contribution is 2.13. The minimum atomic E-state index is 0.365. The van der Waals surface area contributed by atoms with Crippen molar-refractivity contribution in [1.29, 1.82) is 0 Å². The number of nitrogens with two attached hydrogens (primary N) is 1.